The summed E-state index contributed by atoms with van der Waals surface area (Å²) in [5.74, 6) is -3.18. The molecule has 172 valence electrons. The fraction of sp³-hybridized carbons (Fsp3) is 0.409. The molecular formula is C22H26N2O8. The van der Waals surface area contributed by atoms with Gasteiger partial charge >= 0.3 is 11.6 Å². The van der Waals surface area contributed by atoms with Crippen molar-refractivity contribution >= 4 is 34.5 Å². The molecule has 0 aliphatic rings. The maximum atomic E-state index is 12.8. The fourth-order valence-corrected chi connectivity index (χ4v) is 3.06. The molecule has 2 rings (SSSR count). The van der Waals surface area contributed by atoms with Gasteiger partial charge in [-0.3, -0.25) is 19.2 Å². The highest BCUT2D eigenvalue weighted by atomic mass is 16.5. The number of carboxylic acids is 1. The summed E-state index contributed by atoms with van der Waals surface area (Å²) < 4.78 is 10.3. The fourth-order valence-electron chi connectivity index (χ4n) is 3.06. The molecule has 0 radical (unpaired) electrons. The van der Waals surface area contributed by atoms with Gasteiger partial charge in [0.25, 0.3) is 5.91 Å². The molecule has 1 unspecified atom stereocenters. The summed E-state index contributed by atoms with van der Waals surface area (Å²) in [5.41, 5.74) is -0.956. The molecule has 10 nitrogen and oxygen atoms in total. The SMILES string of the molecule is CCC(=O)C(CC(=O)O)NC(=O)[C@@H](NC(=O)c1cc2ccc(OC)cc2oc1=O)C(C)C. The Morgan fingerprint density at radius 3 is 2.38 bits per heavy atom. The average molecular weight is 446 g/mol. The molecule has 1 aromatic heterocycles. The summed E-state index contributed by atoms with van der Waals surface area (Å²) in [6.45, 7) is 4.88. The third-order valence-electron chi connectivity index (χ3n) is 4.86. The number of rotatable bonds is 10. The first-order valence-electron chi connectivity index (χ1n) is 10.0. The van der Waals surface area contributed by atoms with E-state index in [1.807, 2.05) is 0 Å². The number of carboxylic acid groups (broad SMARTS) is 1. The van der Waals surface area contributed by atoms with Gasteiger partial charge in [0.1, 0.15) is 22.9 Å². The lowest BCUT2D eigenvalue weighted by molar-refractivity contribution is -0.140. The van der Waals surface area contributed by atoms with E-state index in [0.29, 0.717) is 11.1 Å². The van der Waals surface area contributed by atoms with Crippen LogP contribution in [0, 0.1) is 5.92 Å². The molecule has 1 heterocycles. The lowest BCUT2D eigenvalue weighted by Crippen LogP contribution is -2.54. The maximum absolute atomic E-state index is 12.8. The molecule has 0 aliphatic heterocycles. The Hall–Kier alpha value is -3.69. The normalized spacial score (nSPS) is 12.8. The van der Waals surface area contributed by atoms with Crippen LogP contribution in [0.1, 0.15) is 44.0 Å². The molecule has 2 amide bonds. The van der Waals surface area contributed by atoms with Crippen LogP contribution in [0.2, 0.25) is 0 Å². The highest BCUT2D eigenvalue weighted by Gasteiger charge is 2.30. The van der Waals surface area contributed by atoms with E-state index in [4.69, 9.17) is 14.3 Å². The molecule has 0 spiro atoms. The van der Waals surface area contributed by atoms with Crippen molar-refractivity contribution in [3.63, 3.8) is 0 Å². The van der Waals surface area contributed by atoms with Crippen LogP contribution in [0.3, 0.4) is 0 Å². The summed E-state index contributed by atoms with van der Waals surface area (Å²) in [4.78, 5) is 60.9. The molecule has 2 atom stereocenters. The van der Waals surface area contributed by atoms with Gasteiger partial charge in [0.2, 0.25) is 5.91 Å². The number of nitrogens with one attached hydrogen (secondary N) is 2. The monoisotopic (exact) mass is 446 g/mol. The Morgan fingerprint density at radius 1 is 1.12 bits per heavy atom. The summed E-state index contributed by atoms with van der Waals surface area (Å²) in [5, 5.41) is 14.4. The van der Waals surface area contributed by atoms with Crippen LogP contribution >= 0.6 is 0 Å². The van der Waals surface area contributed by atoms with E-state index < -0.39 is 53.6 Å². The standard InChI is InChI=1S/C22H26N2O8/c1-5-16(25)15(10-18(26)27)23-21(29)19(11(2)3)24-20(28)14-8-12-6-7-13(31-4)9-17(12)32-22(14)30/h6-9,11,15,19H,5,10H2,1-4H3,(H,23,29)(H,24,28)(H,26,27)/t15?,19-/m0/s1. The van der Waals surface area contributed by atoms with E-state index in [1.54, 1.807) is 32.9 Å². The van der Waals surface area contributed by atoms with E-state index in [2.05, 4.69) is 10.6 Å². The van der Waals surface area contributed by atoms with E-state index in [9.17, 15) is 24.0 Å². The lowest BCUT2D eigenvalue weighted by Gasteiger charge is -2.24. The minimum absolute atomic E-state index is 0.0415. The molecule has 0 aliphatic carbocycles. The summed E-state index contributed by atoms with van der Waals surface area (Å²) in [6.07, 6.45) is -0.533. The van der Waals surface area contributed by atoms with Crippen LogP contribution in [0.15, 0.2) is 33.5 Å². The Kier molecular flexibility index (Phi) is 8.11. The van der Waals surface area contributed by atoms with Crippen molar-refractivity contribution in [3.05, 3.63) is 40.2 Å². The molecule has 32 heavy (non-hydrogen) atoms. The number of ketones is 1. The number of methoxy groups -OCH3 is 1. The zero-order chi connectivity index (χ0) is 24.0. The van der Waals surface area contributed by atoms with Gasteiger partial charge < -0.3 is 24.9 Å². The Morgan fingerprint density at radius 2 is 1.81 bits per heavy atom. The van der Waals surface area contributed by atoms with E-state index in [0.717, 1.165) is 0 Å². The average Bonchev–Trinajstić information content (AvgIpc) is 2.74. The van der Waals surface area contributed by atoms with Crippen molar-refractivity contribution in [2.75, 3.05) is 7.11 Å². The molecule has 3 N–H and O–H groups in total. The van der Waals surface area contributed by atoms with Gasteiger partial charge in [0.15, 0.2) is 5.78 Å². The molecule has 1 aromatic carbocycles. The second-order valence-corrected chi connectivity index (χ2v) is 7.53. The minimum Gasteiger partial charge on any atom is -0.497 e. The van der Waals surface area contributed by atoms with Gasteiger partial charge in [-0.25, -0.2) is 4.79 Å². The van der Waals surface area contributed by atoms with Crippen LogP contribution in [0.25, 0.3) is 11.0 Å². The number of Topliss-reactive ketones (excluding diaryl/α,β-unsaturated/α-hetero) is 1. The van der Waals surface area contributed by atoms with Gasteiger partial charge in [0, 0.05) is 17.9 Å². The van der Waals surface area contributed by atoms with Gasteiger partial charge in [0.05, 0.1) is 19.6 Å². The highest BCUT2D eigenvalue weighted by molar-refractivity contribution is 6.00. The molecule has 0 bridgehead atoms. The van der Waals surface area contributed by atoms with Crippen molar-refractivity contribution < 1.29 is 33.4 Å². The van der Waals surface area contributed by atoms with Crippen LogP contribution < -0.4 is 21.0 Å². The Bertz CT molecular complexity index is 1090. The summed E-state index contributed by atoms with van der Waals surface area (Å²) >= 11 is 0. The van der Waals surface area contributed by atoms with Crippen molar-refractivity contribution in [1.82, 2.24) is 10.6 Å². The predicted octanol–water partition coefficient (Wildman–Crippen LogP) is 1.49. The zero-order valence-corrected chi connectivity index (χ0v) is 18.3. The second-order valence-electron chi connectivity index (χ2n) is 7.53. The smallest absolute Gasteiger partial charge is 0.349 e. The summed E-state index contributed by atoms with van der Waals surface area (Å²) in [6, 6.07) is 3.78. The zero-order valence-electron chi connectivity index (χ0n) is 18.3. The third kappa shape index (κ3) is 5.93. The van der Waals surface area contributed by atoms with Gasteiger partial charge in [-0.1, -0.05) is 20.8 Å². The van der Waals surface area contributed by atoms with Gasteiger partial charge in [-0.15, -0.1) is 0 Å². The number of ether oxygens (including phenoxy) is 1. The molecule has 0 fully saturated rings. The number of fused-ring (bicyclic) bond motifs is 1. The first kappa shape index (κ1) is 24.6. The van der Waals surface area contributed by atoms with Crippen LogP contribution in [0.5, 0.6) is 5.75 Å². The van der Waals surface area contributed by atoms with Gasteiger partial charge in [-0.2, -0.15) is 0 Å². The molecular weight excluding hydrogens is 420 g/mol. The topological polar surface area (TPSA) is 152 Å². The third-order valence-corrected chi connectivity index (χ3v) is 4.86. The Labute approximate surface area is 183 Å². The number of hydrogen-bond donors (Lipinski definition) is 3. The number of carbonyl (C=O) groups is 4. The van der Waals surface area contributed by atoms with Crippen LogP contribution in [-0.4, -0.2) is 47.9 Å². The first-order chi connectivity index (χ1) is 15.1. The number of benzene rings is 1. The van der Waals surface area contributed by atoms with E-state index in [-0.39, 0.29) is 17.6 Å². The Balaban J connectivity index is 2.26. The number of carbonyl (C=O) groups excluding carboxylic acids is 3. The second kappa shape index (κ2) is 10.6. The van der Waals surface area contributed by atoms with Crippen molar-refractivity contribution in [2.24, 2.45) is 5.92 Å². The predicted molar refractivity (Wildman–Crippen MR) is 115 cm³/mol. The maximum Gasteiger partial charge on any atom is 0.349 e. The van der Waals surface area contributed by atoms with E-state index in [1.165, 1.54) is 19.2 Å². The first-order valence-corrected chi connectivity index (χ1v) is 10.0. The van der Waals surface area contributed by atoms with E-state index >= 15 is 0 Å². The van der Waals surface area contributed by atoms with Crippen molar-refractivity contribution in [1.29, 1.82) is 0 Å². The van der Waals surface area contributed by atoms with Crippen molar-refractivity contribution in [3.8, 4) is 5.75 Å². The molecule has 2 aromatic rings. The molecule has 10 heteroatoms. The quantitative estimate of drug-likeness (QED) is 0.464. The summed E-state index contributed by atoms with van der Waals surface area (Å²) in [7, 11) is 1.47. The number of hydrogen-bond acceptors (Lipinski definition) is 7. The van der Waals surface area contributed by atoms with Crippen LogP contribution in [-0.2, 0) is 14.4 Å². The number of amides is 2. The minimum atomic E-state index is -1.24. The van der Waals surface area contributed by atoms with Crippen molar-refractivity contribution in [2.45, 2.75) is 45.7 Å². The largest absolute Gasteiger partial charge is 0.497 e. The van der Waals surface area contributed by atoms with Crippen LogP contribution in [0.4, 0.5) is 0 Å². The molecule has 0 saturated heterocycles. The highest BCUT2D eigenvalue weighted by Crippen LogP contribution is 2.20. The van der Waals surface area contributed by atoms with Gasteiger partial charge in [-0.05, 0) is 24.1 Å². The molecule has 0 saturated carbocycles. The lowest BCUT2D eigenvalue weighted by atomic mass is 10.0. The number of aliphatic carboxylic acids is 1.